The average molecular weight is 341 g/mol. The van der Waals surface area contributed by atoms with E-state index in [-0.39, 0.29) is 17.1 Å². The molecule has 2 N–H and O–H groups in total. The summed E-state index contributed by atoms with van der Waals surface area (Å²) >= 11 is 5.65. The highest BCUT2D eigenvalue weighted by Gasteiger charge is 2.19. The van der Waals surface area contributed by atoms with Crippen LogP contribution in [0.25, 0.3) is 0 Å². The molecular formula is C15H18ClFN4O2. The van der Waals surface area contributed by atoms with E-state index in [1.54, 1.807) is 32.9 Å². The Morgan fingerprint density at radius 3 is 2.91 bits per heavy atom. The van der Waals surface area contributed by atoms with Gasteiger partial charge < -0.3 is 15.4 Å². The van der Waals surface area contributed by atoms with Crippen molar-refractivity contribution in [2.45, 2.75) is 38.8 Å². The van der Waals surface area contributed by atoms with Gasteiger partial charge in [-0.1, -0.05) is 6.08 Å². The highest BCUT2D eigenvalue weighted by atomic mass is 35.5. The molecule has 0 bridgehead atoms. The monoisotopic (exact) mass is 340 g/mol. The Labute approximate surface area is 138 Å². The average Bonchev–Trinajstić information content (AvgIpc) is 2.41. The first kappa shape index (κ1) is 17.2. The molecule has 0 saturated heterocycles. The summed E-state index contributed by atoms with van der Waals surface area (Å²) in [7, 11) is 0. The van der Waals surface area contributed by atoms with Crippen LogP contribution in [0.15, 0.2) is 30.1 Å². The molecule has 1 heterocycles. The van der Waals surface area contributed by atoms with Gasteiger partial charge in [0.25, 0.3) is 0 Å². The second kappa shape index (κ2) is 6.95. The van der Waals surface area contributed by atoms with Crippen molar-refractivity contribution in [2.75, 3.05) is 5.32 Å². The van der Waals surface area contributed by atoms with Crippen LogP contribution in [-0.2, 0) is 4.74 Å². The van der Waals surface area contributed by atoms with Gasteiger partial charge in [0.05, 0.1) is 12.2 Å². The molecular weight excluding hydrogens is 323 g/mol. The second-order valence-electron chi connectivity index (χ2n) is 5.97. The van der Waals surface area contributed by atoms with E-state index in [1.165, 1.54) is 0 Å². The van der Waals surface area contributed by atoms with Gasteiger partial charge in [-0.05, 0) is 50.9 Å². The van der Waals surface area contributed by atoms with Gasteiger partial charge in [-0.2, -0.15) is 4.98 Å². The van der Waals surface area contributed by atoms with Gasteiger partial charge in [0.1, 0.15) is 5.60 Å². The number of amides is 1. The van der Waals surface area contributed by atoms with Crippen molar-refractivity contribution >= 4 is 23.5 Å². The molecule has 1 aliphatic carbocycles. The maximum absolute atomic E-state index is 13.6. The molecule has 1 unspecified atom stereocenters. The Bertz CT molecular complexity index is 655. The summed E-state index contributed by atoms with van der Waals surface area (Å²) in [6.45, 7) is 5.37. The van der Waals surface area contributed by atoms with Gasteiger partial charge in [0.15, 0.2) is 11.6 Å². The molecule has 1 aromatic heterocycles. The van der Waals surface area contributed by atoms with Crippen LogP contribution in [0.4, 0.5) is 15.0 Å². The van der Waals surface area contributed by atoms with Gasteiger partial charge in [-0.25, -0.2) is 14.2 Å². The van der Waals surface area contributed by atoms with Crippen LogP contribution < -0.4 is 10.6 Å². The van der Waals surface area contributed by atoms with Gasteiger partial charge in [-0.15, -0.1) is 0 Å². The predicted octanol–water partition coefficient (Wildman–Crippen LogP) is 3.42. The van der Waals surface area contributed by atoms with E-state index < -0.39 is 17.5 Å². The van der Waals surface area contributed by atoms with Gasteiger partial charge in [0.2, 0.25) is 5.28 Å². The Hall–Kier alpha value is -2.15. The Kier molecular flexibility index (Phi) is 5.20. The molecule has 0 spiro atoms. The summed E-state index contributed by atoms with van der Waals surface area (Å²) in [6.07, 6.45) is 6.45. The van der Waals surface area contributed by atoms with Gasteiger partial charge in [-0.3, -0.25) is 0 Å². The standard InChI is InChI=1S/C15H18ClFN4O2/c1-15(2,3)23-14(22)20-10-6-4-5-9(7-10)19-12-11(17)8-18-13(16)21-12/h4-5,7-8,10H,6H2,1-3H3,(H,20,22)(H,18,19,21). The van der Waals surface area contributed by atoms with Crippen molar-refractivity contribution < 1.29 is 13.9 Å². The second-order valence-corrected chi connectivity index (χ2v) is 6.31. The van der Waals surface area contributed by atoms with E-state index in [9.17, 15) is 9.18 Å². The molecule has 1 aromatic rings. The van der Waals surface area contributed by atoms with Crippen molar-refractivity contribution in [1.82, 2.24) is 15.3 Å². The molecule has 0 radical (unpaired) electrons. The molecule has 23 heavy (non-hydrogen) atoms. The molecule has 0 aliphatic heterocycles. The number of carbonyl (C=O) groups is 1. The number of allylic oxidation sites excluding steroid dienone is 1. The summed E-state index contributed by atoms with van der Waals surface area (Å²) in [6, 6.07) is -0.266. The fourth-order valence-electron chi connectivity index (χ4n) is 1.89. The maximum atomic E-state index is 13.6. The summed E-state index contributed by atoms with van der Waals surface area (Å²) in [5.41, 5.74) is 0.0196. The van der Waals surface area contributed by atoms with Crippen LogP contribution in [0.3, 0.4) is 0 Å². The molecule has 0 fully saturated rings. The number of halogens is 2. The quantitative estimate of drug-likeness (QED) is 0.824. The zero-order valence-corrected chi connectivity index (χ0v) is 13.8. The van der Waals surface area contributed by atoms with E-state index in [0.29, 0.717) is 12.1 Å². The van der Waals surface area contributed by atoms with Crippen LogP contribution in [0.1, 0.15) is 27.2 Å². The molecule has 0 saturated carbocycles. The van der Waals surface area contributed by atoms with Crippen molar-refractivity contribution in [3.05, 3.63) is 41.2 Å². The summed E-state index contributed by atoms with van der Waals surface area (Å²) in [5.74, 6) is -0.648. The van der Waals surface area contributed by atoms with Crippen LogP contribution in [0.2, 0.25) is 5.28 Å². The van der Waals surface area contributed by atoms with Crippen LogP contribution in [0, 0.1) is 5.82 Å². The lowest BCUT2D eigenvalue weighted by Gasteiger charge is -2.23. The minimum absolute atomic E-state index is 0.0289. The molecule has 1 aliphatic rings. The zero-order valence-electron chi connectivity index (χ0n) is 13.1. The molecule has 6 nitrogen and oxygen atoms in total. The largest absolute Gasteiger partial charge is 0.444 e. The van der Waals surface area contributed by atoms with Crippen molar-refractivity contribution in [1.29, 1.82) is 0 Å². The normalized spacial score (nSPS) is 17.4. The molecule has 124 valence electrons. The van der Waals surface area contributed by atoms with E-state index in [0.717, 1.165) is 6.20 Å². The number of nitrogens with one attached hydrogen (secondary N) is 2. The third kappa shape index (κ3) is 5.52. The van der Waals surface area contributed by atoms with E-state index in [4.69, 9.17) is 16.3 Å². The SMILES string of the molecule is CC(C)(C)OC(=O)NC1C=C(Nc2nc(Cl)ncc2F)C=CC1. The Morgan fingerprint density at radius 1 is 1.48 bits per heavy atom. The smallest absolute Gasteiger partial charge is 0.408 e. The highest BCUT2D eigenvalue weighted by molar-refractivity contribution is 6.28. The maximum Gasteiger partial charge on any atom is 0.408 e. The first-order valence-electron chi connectivity index (χ1n) is 7.06. The van der Waals surface area contributed by atoms with Crippen LogP contribution in [0.5, 0.6) is 0 Å². The van der Waals surface area contributed by atoms with Crippen molar-refractivity contribution in [2.24, 2.45) is 0 Å². The first-order chi connectivity index (χ1) is 10.7. The number of aromatic nitrogens is 2. The zero-order chi connectivity index (χ0) is 17.0. The molecule has 1 amide bonds. The number of hydrogen-bond donors (Lipinski definition) is 2. The number of carbonyl (C=O) groups excluding carboxylic acids is 1. The molecule has 8 heteroatoms. The minimum atomic E-state index is -0.620. The fourth-order valence-corrected chi connectivity index (χ4v) is 2.03. The molecule has 0 aromatic carbocycles. The van der Waals surface area contributed by atoms with Gasteiger partial charge in [0, 0.05) is 5.70 Å². The number of anilines is 1. The van der Waals surface area contributed by atoms with Crippen molar-refractivity contribution in [3.8, 4) is 0 Å². The third-order valence-electron chi connectivity index (χ3n) is 2.75. The topological polar surface area (TPSA) is 76.1 Å². The van der Waals surface area contributed by atoms with Crippen molar-refractivity contribution in [3.63, 3.8) is 0 Å². The predicted molar refractivity (Wildman–Crippen MR) is 85.6 cm³/mol. The third-order valence-corrected chi connectivity index (χ3v) is 2.93. The number of nitrogens with zero attached hydrogens (tertiary/aromatic N) is 2. The minimum Gasteiger partial charge on any atom is -0.444 e. The number of ether oxygens (including phenoxy) is 1. The fraction of sp³-hybridized carbons (Fsp3) is 0.400. The first-order valence-corrected chi connectivity index (χ1v) is 7.44. The highest BCUT2D eigenvalue weighted by Crippen LogP contribution is 2.18. The number of hydrogen-bond acceptors (Lipinski definition) is 5. The lowest BCUT2D eigenvalue weighted by Crippen LogP contribution is -2.38. The van der Waals surface area contributed by atoms with E-state index in [1.807, 2.05) is 6.08 Å². The van der Waals surface area contributed by atoms with Crippen LogP contribution in [-0.4, -0.2) is 27.7 Å². The Morgan fingerprint density at radius 2 is 2.22 bits per heavy atom. The van der Waals surface area contributed by atoms with Crippen LogP contribution >= 0.6 is 11.6 Å². The number of rotatable bonds is 3. The summed E-state index contributed by atoms with van der Waals surface area (Å²) < 4.78 is 18.8. The van der Waals surface area contributed by atoms with Gasteiger partial charge >= 0.3 is 6.09 Å². The lowest BCUT2D eigenvalue weighted by molar-refractivity contribution is 0.0514. The number of alkyl carbamates (subject to hydrolysis) is 1. The molecule has 1 atom stereocenters. The lowest BCUT2D eigenvalue weighted by atomic mass is 10.1. The summed E-state index contributed by atoms with van der Waals surface area (Å²) in [4.78, 5) is 19.1. The summed E-state index contributed by atoms with van der Waals surface area (Å²) in [5, 5.41) is 5.49. The van der Waals surface area contributed by atoms with E-state index in [2.05, 4.69) is 20.6 Å². The van der Waals surface area contributed by atoms with E-state index >= 15 is 0 Å². The Balaban J connectivity index is 2.02. The molecule has 2 rings (SSSR count).